The second-order valence-electron chi connectivity index (χ2n) is 6.89. The summed E-state index contributed by atoms with van der Waals surface area (Å²) in [5, 5.41) is 6.39. The van der Waals surface area contributed by atoms with Gasteiger partial charge in [-0.1, -0.05) is 42.5 Å². The molecule has 2 N–H and O–H groups in total. The number of hydrogen-bond donors (Lipinski definition) is 2. The minimum absolute atomic E-state index is 0.0645. The SMILES string of the molecule is Cc1cccc(NC(=O)c2oc3ccccc3c2NC(=O)c2ccccc2C)c1. The van der Waals surface area contributed by atoms with E-state index in [0.29, 0.717) is 27.9 Å². The van der Waals surface area contributed by atoms with Crippen LogP contribution in [-0.4, -0.2) is 11.8 Å². The van der Waals surface area contributed by atoms with Gasteiger partial charge in [0.1, 0.15) is 11.3 Å². The fourth-order valence-electron chi connectivity index (χ4n) is 3.25. The Morgan fingerprint density at radius 2 is 1.55 bits per heavy atom. The van der Waals surface area contributed by atoms with Crippen LogP contribution in [0, 0.1) is 13.8 Å². The monoisotopic (exact) mass is 384 g/mol. The molecule has 0 fully saturated rings. The number of fused-ring (bicyclic) bond motifs is 1. The lowest BCUT2D eigenvalue weighted by atomic mass is 10.1. The van der Waals surface area contributed by atoms with Gasteiger partial charge in [-0.05, 0) is 55.3 Å². The maximum absolute atomic E-state index is 12.9. The molecule has 4 rings (SSSR count). The highest BCUT2D eigenvalue weighted by molar-refractivity contribution is 6.17. The Bertz CT molecular complexity index is 1220. The number of benzene rings is 3. The Morgan fingerprint density at radius 1 is 0.793 bits per heavy atom. The molecule has 3 aromatic carbocycles. The molecule has 0 bridgehead atoms. The summed E-state index contributed by atoms with van der Waals surface area (Å²) in [6.45, 7) is 3.82. The topological polar surface area (TPSA) is 71.3 Å². The molecule has 0 unspecified atom stereocenters. The Balaban J connectivity index is 1.72. The van der Waals surface area contributed by atoms with Crippen LogP contribution < -0.4 is 10.6 Å². The Kier molecular flexibility index (Phi) is 4.87. The summed E-state index contributed by atoms with van der Waals surface area (Å²) in [4.78, 5) is 25.8. The number of carbonyl (C=O) groups is 2. The van der Waals surface area contributed by atoms with Gasteiger partial charge in [-0.15, -0.1) is 0 Å². The number of rotatable bonds is 4. The molecule has 5 heteroatoms. The second-order valence-corrected chi connectivity index (χ2v) is 6.89. The van der Waals surface area contributed by atoms with Gasteiger partial charge in [-0.25, -0.2) is 0 Å². The lowest BCUT2D eigenvalue weighted by molar-refractivity contribution is 0.0999. The van der Waals surface area contributed by atoms with E-state index in [2.05, 4.69) is 10.6 Å². The van der Waals surface area contributed by atoms with Gasteiger partial charge in [0.25, 0.3) is 11.8 Å². The van der Waals surface area contributed by atoms with Crippen LogP contribution in [0.15, 0.2) is 77.2 Å². The lowest BCUT2D eigenvalue weighted by Crippen LogP contribution is -2.17. The first-order chi connectivity index (χ1) is 14.0. The number of aryl methyl sites for hydroxylation is 2. The van der Waals surface area contributed by atoms with E-state index in [-0.39, 0.29) is 11.7 Å². The summed E-state index contributed by atoms with van der Waals surface area (Å²) in [5.74, 6) is -0.652. The fourth-order valence-corrected chi connectivity index (χ4v) is 3.25. The Labute approximate surface area is 168 Å². The number of nitrogens with one attached hydrogen (secondary N) is 2. The van der Waals surface area contributed by atoms with Crippen LogP contribution in [0.25, 0.3) is 11.0 Å². The third kappa shape index (κ3) is 3.75. The smallest absolute Gasteiger partial charge is 0.293 e. The number of amides is 2. The predicted octanol–water partition coefficient (Wildman–Crippen LogP) is 5.55. The first kappa shape index (κ1) is 18.5. The molecule has 29 heavy (non-hydrogen) atoms. The standard InChI is InChI=1S/C24H20N2O3/c1-15-8-7-10-17(14-15)25-24(28)22-21(19-12-5-6-13-20(19)29-22)26-23(27)18-11-4-3-9-16(18)2/h3-14H,1-2H3,(H,25,28)(H,26,27). The molecule has 2 amide bonds. The van der Waals surface area contributed by atoms with Gasteiger partial charge < -0.3 is 15.1 Å². The van der Waals surface area contributed by atoms with E-state index in [0.717, 1.165) is 11.1 Å². The largest absolute Gasteiger partial charge is 0.449 e. The third-order valence-electron chi connectivity index (χ3n) is 4.71. The maximum Gasteiger partial charge on any atom is 0.293 e. The molecule has 0 aliphatic carbocycles. The molecule has 0 spiro atoms. The molecule has 0 saturated carbocycles. The number of hydrogen-bond acceptors (Lipinski definition) is 3. The zero-order valence-electron chi connectivity index (χ0n) is 16.2. The summed E-state index contributed by atoms with van der Waals surface area (Å²) in [7, 11) is 0. The molecule has 0 aliphatic heterocycles. The van der Waals surface area contributed by atoms with Crippen molar-refractivity contribution in [2.45, 2.75) is 13.8 Å². The van der Waals surface area contributed by atoms with E-state index in [1.807, 2.05) is 62.4 Å². The van der Waals surface area contributed by atoms with Crippen molar-refractivity contribution in [2.24, 2.45) is 0 Å². The predicted molar refractivity (Wildman–Crippen MR) is 114 cm³/mol. The molecule has 0 aliphatic rings. The molecule has 0 atom stereocenters. The fraction of sp³-hybridized carbons (Fsp3) is 0.0833. The highest BCUT2D eigenvalue weighted by Crippen LogP contribution is 2.32. The molecule has 5 nitrogen and oxygen atoms in total. The zero-order valence-corrected chi connectivity index (χ0v) is 16.2. The minimum Gasteiger partial charge on any atom is -0.449 e. The van der Waals surface area contributed by atoms with Gasteiger partial charge in [0.15, 0.2) is 0 Å². The Hall–Kier alpha value is -3.86. The molecule has 0 radical (unpaired) electrons. The highest BCUT2D eigenvalue weighted by Gasteiger charge is 2.23. The average Bonchev–Trinajstić information content (AvgIpc) is 3.07. The number of para-hydroxylation sites is 1. The van der Waals surface area contributed by atoms with Gasteiger partial charge in [0, 0.05) is 16.6 Å². The van der Waals surface area contributed by atoms with Gasteiger partial charge in [0.2, 0.25) is 5.76 Å². The van der Waals surface area contributed by atoms with Crippen LogP contribution in [0.2, 0.25) is 0 Å². The molecule has 1 aromatic heterocycles. The van der Waals surface area contributed by atoms with Crippen molar-refractivity contribution in [1.29, 1.82) is 0 Å². The number of anilines is 2. The van der Waals surface area contributed by atoms with Crippen LogP contribution in [0.5, 0.6) is 0 Å². The normalized spacial score (nSPS) is 10.7. The summed E-state index contributed by atoms with van der Waals surface area (Å²) in [5.41, 5.74) is 3.97. The summed E-state index contributed by atoms with van der Waals surface area (Å²) >= 11 is 0. The summed E-state index contributed by atoms with van der Waals surface area (Å²) in [6.07, 6.45) is 0. The van der Waals surface area contributed by atoms with Crippen molar-refractivity contribution in [2.75, 3.05) is 10.6 Å². The average molecular weight is 384 g/mol. The third-order valence-corrected chi connectivity index (χ3v) is 4.71. The number of carbonyl (C=O) groups excluding carboxylic acids is 2. The molecular formula is C24H20N2O3. The summed E-state index contributed by atoms with van der Waals surface area (Å²) in [6, 6.07) is 22.0. The van der Waals surface area contributed by atoms with Crippen molar-refractivity contribution >= 4 is 34.2 Å². The van der Waals surface area contributed by atoms with Crippen LogP contribution in [-0.2, 0) is 0 Å². The van der Waals surface area contributed by atoms with Crippen LogP contribution in [0.3, 0.4) is 0 Å². The molecular weight excluding hydrogens is 364 g/mol. The zero-order chi connectivity index (χ0) is 20.4. The molecule has 0 saturated heterocycles. The second kappa shape index (κ2) is 7.64. The quantitative estimate of drug-likeness (QED) is 0.484. The Morgan fingerprint density at radius 3 is 2.34 bits per heavy atom. The first-order valence-electron chi connectivity index (χ1n) is 9.29. The van der Waals surface area contributed by atoms with Gasteiger partial charge in [0.05, 0.1) is 0 Å². The van der Waals surface area contributed by atoms with Gasteiger partial charge in [-0.2, -0.15) is 0 Å². The minimum atomic E-state index is -0.424. The lowest BCUT2D eigenvalue weighted by Gasteiger charge is -2.09. The summed E-state index contributed by atoms with van der Waals surface area (Å²) < 4.78 is 5.80. The van der Waals surface area contributed by atoms with E-state index < -0.39 is 5.91 Å². The van der Waals surface area contributed by atoms with Crippen molar-refractivity contribution in [3.63, 3.8) is 0 Å². The van der Waals surface area contributed by atoms with Crippen LogP contribution >= 0.6 is 0 Å². The van der Waals surface area contributed by atoms with E-state index in [1.54, 1.807) is 24.3 Å². The molecule has 4 aromatic rings. The maximum atomic E-state index is 12.9. The molecule has 144 valence electrons. The van der Waals surface area contributed by atoms with Crippen molar-refractivity contribution in [3.05, 3.63) is 95.2 Å². The van der Waals surface area contributed by atoms with Gasteiger partial charge in [-0.3, -0.25) is 9.59 Å². The van der Waals surface area contributed by atoms with Gasteiger partial charge >= 0.3 is 0 Å². The van der Waals surface area contributed by atoms with E-state index in [9.17, 15) is 9.59 Å². The first-order valence-corrected chi connectivity index (χ1v) is 9.29. The van der Waals surface area contributed by atoms with E-state index in [4.69, 9.17) is 4.42 Å². The van der Waals surface area contributed by atoms with Crippen molar-refractivity contribution < 1.29 is 14.0 Å². The van der Waals surface area contributed by atoms with Crippen molar-refractivity contribution in [1.82, 2.24) is 0 Å². The van der Waals surface area contributed by atoms with E-state index >= 15 is 0 Å². The van der Waals surface area contributed by atoms with Crippen molar-refractivity contribution in [3.8, 4) is 0 Å². The van der Waals surface area contributed by atoms with Crippen LogP contribution in [0.4, 0.5) is 11.4 Å². The highest BCUT2D eigenvalue weighted by atomic mass is 16.3. The van der Waals surface area contributed by atoms with E-state index in [1.165, 1.54) is 0 Å². The van der Waals surface area contributed by atoms with Crippen LogP contribution in [0.1, 0.15) is 32.0 Å². The number of furan rings is 1. The molecule has 1 heterocycles.